The van der Waals surface area contributed by atoms with Crippen molar-refractivity contribution in [3.8, 4) is 5.75 Å². The molecule has 4 heteroatoms. The number of phenolic OH excluding ortho intramolecular Hbond substituents is 1. The van der Waals surface area contributed by atoms with E-state index in [0.29, 0.717) is 0 Å². The van der Waals surface area contributed by atoms with Crippen LogP contribution in [0, 0.1) is 0 Å². The fraction of sp³-hybridized carbons (Fsp3) is 0.300. The fourth-order valence-corrected chi connectivity index (χ4v) is 1.15. The Kier molecular flexibility index (Phi) is 3.48. The van der Waals surface area contributed by atoms with Gasteiger partial charge in [-0.2, -0.15) is 0 Å². The highest BCUT2D eigenvalue weighted by Crippen LogP contribution is 2.17. The molecule has 76 valence electrons. The van der Waals surface area contributed by atoms with E-state index in [1.165, 1.54) is 0 Å². The number of carboxylic acid groups (broad SMARTS) is 1. The van der Waals surface area contributed by atoms with Crippen molar-refractivity contribution in [1.29, 1.82) is 0 Å². The summed E-state index contributed by atoms with van der Waals surface area (Å²) in [6, 6.07) is 6.66. The summed E-state index contributed by atoms with van der Waals surface area (Å²) < 4.78 is 0. The number of hydrogen-bond acceptors (Lipinski definition) is 3. The quantitative estimate of drug-likeness (QED) is 0.673. The smallest absolute Gasteiger partial charge is 0.317 e. The van der Waals surface area contributed by atoms with Gasteiger partial charge in [0.25, 0.3) is 0 Å². The van der Waals surface area contributed by atoms with Gasteiger partial charge < -0.3 is 15.5 Å². The molecule has 0 aromatic heterocycles. The van der Waals surface area contributed by atoms with Crippen molar-refractivity contribution in [3.05, 3.63) is 29.8 Å². The molecule has 0 aliphatic heterocycles. The first-order valence-electron chi connectivity index (χ1n) is 4.33. The minimum Gasteiger partial charge on any atom is -0.508 e. The second kappa shape index (κ2) is 4.62. The monoisotopic (exact) mass is 195 g/mol. The predicted molar refractivity (Wildman–Crippen MR) is 52.2 cm³/mol. The van der Waals surface area contributed by atoms with Crippen molar-refractivity contribution >= 4 is 5.97 Å². The summed E-state index contributed by atoms with van der Waals surface area (Å²) in [6.45, 7) is 1.76. The number of nitrogens with one attached hydrogen (secondary N) is 1. The van der Waals surface area contributed by atoms with Crippen LogP contribution in [0.15, 0.2) is 24.3 Å². The van der Waals surface area contributed by atoms with Crippen molar-refractivity contribution in [3.63, 3.8) is 0 Å². The van der Waals surface area contributed by atoms with E-state index in [4.69, 9.17) is 5.11 Å². The lowest BCUT2D eigenvalue weighted by Gasteiger charge is -2.12. The van der Waals surface area contributed by atoms with Crippen LogP contribution in [-0.2, 0) is 4.79 Å². The van der Waals surface area contributed by atoms with E-state index in [1.54, 1.807) is 18.2 Å². The minimum atomic E-state index is -0.892. The third kappa shape index (κ3) is 3.06. The number of benzene rings is 1. The molecule has 0 spiro atoms. The van der Waals surface area contributed by atoms with Crippen LogP contribution in [0.5, 0.6) is 5.75 Å². The average Bonchev–Trinajstić information content (AvgIpc) is 2.14. The molecule has 0 saturated carbocycles. The Bertz CT molecular complexity index is 325. The van der Waals surface area contributed by atoms with Crippen molar-refractivity contribution in [2.45, 2.75) is 13.0 Å². The zero-order valence-electron chi connectivity index (χ0n) is 7.90. The topological polar surface area (TPSA) is 69.6 Å². The molecule has 0 aliphatic carbocycles. The number of aliphatic carboxylic acids is 1. The van der Waals surface area contributed by atoms with Crippen LogP contribution in [0.2, 0.25) is 0 Å². The van der Waals surface area contributed by atoms with Crippen LogP contribution in [0.1, 0.15) is 18.5 Å². The molecule has 0 radical (unpaired) electrons. The highest BCUT2D eigenvalue weighted by molar-refractivity contribution is 5.69. The van der Waals surface area contributed by atoms with Crippen molar-refractivity contribution in [2.24, 2.45) is 0 Å². The molecular formula is C10H13NO3. The Morgan fingerprint density at radius 2 is 2.29 bits per heavy atom. The van der Waals surface area contributed by atoms with E-state index in [2.05, 4.69) is 5.32 Å². The number of carboxylic acids is 1. The van der Waals surface area contributed by atoms with E-state index in [0.717, 1.165) is 5.56 Å². The first kappa shape index (κ1) is 10.5. The van der Waals surface area contributed by atoms with E-state index in [9.17, 15) is 9.90 Å². The van der Waals surface area contributed by atoms with Crippen LogP contribution < -0.4 is 5.32 Å². The van der Waals surface area contributed by atoms with Crippen LogP contribution in [-0.4, -0.2) is 22.7 Å². The second-order valence-corrected chi connectivity index (χ2v) is 3.09. The third-order valence-corrected chi connectivity index (χ3v) is 1.93. The summed E-state index contributed by atoms with van der Waals surface area (Å²) >= 11 is 0. The van der Waals surface area contributed by atoms with Gasteiger partial charge >= 0.3 is 5.97 Å². The lowest BCUT2D eigenvalue weighted by molar-refractivity contribution is -0.136. The van der Waals surface area contributed by atoms with E-state index >= 15 is 0 Å². The van der Waals surface area contributed by atoms with E-state index in [1.807, 2.05) is 13.0 Å². The summed E-state index contributed by atoms with van der Waals surface area (Å²) in [7, 11) is 0. The molecule has 0 heterocycles. The highest BCUT2D eigenvalue weighted by atomic mass is 16.4. The van der Waals surface area contributed by atoms with Gasteiger partial charge in [-0.05, 0) is 24.6 Å². The van der Waals surface area contributed by atoms with Gasteiger partial charge in [-0.25, -0.2) is 0 Å². The highest BCUT2D eigenvalue weighted by Gasteiger charge is 2.06. The molecular weight excluding hydrogens is 182 g/mol. The Morgan fingerprint density at radius 3 is 2.86 bits per heavy atom. The zero-order valence-corrected chi connectivity index (χ0v) is 7.90. The van der Waals surface area contributed by atoms with E-state index in [-0.39, 0.29) is 18.3 Å². The van der Waals surface area contributed by atoms with Crippen LogP contribution >= 0.6 is 0 Å². The van der Waals surface area contributed by atoms with Gasteiger partial charge in [0.05, 0.1) is 6.54 Å². The van der Waals surface area contributed by atoms with Gasteiger partial charge in [0, 0.05) is 6.04 Å². The Labute approximate surface area is 82.2 Å². The maximum Gasteiger partial charge on any atom is 0.317 e. The number of phenols is 1. The summed E-state index contributed by atoms with van der Waals surface area (Å²) in [5.41, 5.74) is 0.867. The van der Waals surface area contributed by atoms with Crippen molar-refractivity contribution < 1.29 is 15.0 Å². The zero-order chi connectivity index (χ0) is 10.6. The lowest BCUT2D eigenvalue weighted by Crippen LogP contribution is -2.25. The molecule has 4 nitrogen and oxygen atoms in total. The average molecular weight is 195 g/mol. The number of rotatable bonds is 4. The predicted octanol–water partition coefficient (Wildman–Crippen LogP) is 1.13. The van der Waals surface area contributed by atoms with Gasteiger partial charge in [-0.1, -0.05) is 12.1 Å². The standard InChI is InChI=1S/C10H13NO3/c1-7(11-6-10(13)14)8-3-2-4-9(12)5-8/h2-5,7,11-12H,6H2,1H3,(H,13,14). The van der Waals surface area contributed by atoms with Gasteiger partial charge in [0.2, 0.25) is 0 Å². The normalized spacial score (nSPS) is 12.4. The third-order valence-electron chi connectivity index (χ3n) is 1.93. The number of carbonyl (C=O) groups is 1. The van der Waals surface area contributed by atoms with Crippen LogP contribution in [0.3, 0.4) is 0 Å². The number of aromatic hydroxyl groups is 1. The molecule has 0 fully saturated rings. The van der Waals surface area contributed by atoms with E-state index < -0.39 is 5.97 Å². The largest absolute Gasteiger partial charge is 0.508 e. The molecule has 0 aliphatic rings. The summed E-state index contributed by atoms with van der Waals surface area (Å²) in [4.78, 5) is 10.3. The maximum atomic E-state index is 10.3. The molecule has 1 atom stereocenters. The summed E-state index contributed by atoms with van der Waals surface area (Å²) in [5.74, 6) is -0.705. The van der Waals surface area contributed by atoms with Gasteiger partial charge in [0.15, 0.2) is 0 Å². The molecule has 1 aromatic carbocycles. The molecule has 0 amide bonds. The summed E-state index contributed by atoms with van der Waals surface area (Å²) in [6.07, 6.45) is 0. The first-order valence-corrected chi connectivity index (χ1v) is 4.33. The molecule has 0 saturated heterocycles. The molecule has 0 bridgehead atoms. The Hall–Kier alpha value is -1.55. The minimum absolute atomic E-state index is 0.0850. The van der Waals surface area contributed by atoms with Gasteiger partial charge in [0.1, 0.15) is 5.75 Å². The van der Waals surface area contributed by atoms with Crippen molar-refractivity contribution in [2.75, 3.05) is 6.54 Å². The fourth-order valence-electron chi connectivity index (χ4n) is 1.15. The Balaban J connectivity index is 2.60. The molecule has 1 aromatic rings. The lowest BCUT2D eigenvalue weighted by atomic mass is 10.1. The second-order valence-electron chi connectivity index (χ2n) is 3.09. The molecule has 1 unspecified atom stereocenters. The SMILES string of the molecule is CC(NCC(=O)O)c1cccc(O)c1. The molecule has 1 rings (SSSR count). The summed E-state index contributed by atoms with van der Waals surface area (Å²) in [5, 5.41) is 20.5. The number of hydrogen-bond donors (Lipinski definition) is 3. The van der Waals surface area contributed by atoms with Gasteiger partial charge in [-0.15, -0.1) is 0 Å². The van der Waals surface area contributed by atoms with Crippen LogP contribution in [0.4, 0.5) is 0 Å². The maximum absolute atomic E-state index is 10.3. The van der Waals surface area contributed by atoms with Crippen LogP contribution in [0.25, 0.3) is 0 Å². The molecule has 3 N–H and O–H groups in total. The van der Waals surface area contributed by atoms with Gasteiger partial charge in [-0.3, -0.25) is 4.79 Å². The molecule has 14 heavy (non-hydrogen) atoms. The van der Waals surface area contributed by atoms with Crippen molar-refractivity contribution in [1.82, 2.24) is 5.32 Å². The first-order chi connectivity index (χ1) is 6.59. The Morgan fingerprint density at radius 1 is 1.57 bits per heavy atom.